The first-order valence-corrected chi connectivity index (χ1v) is 4.54. The van der Waals surface area contributed by atoms with E-state index in [0.29, 0.717) is 6.61 Å². The highest BCUT2D eigenvalue weighted by molar-refractivity contribution is 4.75. The molecule has 0 radical (unpaired) electrons. The molecule has 0 aromatic heterocycles. The van der Waals surface area contributed by atoms with Crippen LogP contribution in [0.3, 0.4) is 0 Å². The highest BCUT2D eigenvalue weighted by atomic mass is 16.5. The van der Waals surface area contributed by atoms with Crippen molar-refractivity contribution < 1.29 is 14.6 Å². The number of methoxy groups -OCH3 is 1. The summed E-state index contributed by atoms with van der Waals surface area (Å²) in [6.07, 6.45) is 1.64. The molecule has 0 aliphatic carbocycles. The van der Waals surface area contributed by atoms with Gasteiger partial charge < -0.3 is 14.6 Å². The topological polar surface area (TPSA) is 38.7 Å². The lowest BCUT2D eigenvalue weighted by Gasteiger charge is -2.29. The molecule has 3 unspecified atom stereocenters. The van der Waals surface area contributed by atoms with Crippen molar-refractivity contribution in [3.05, 3.63) is 0 Å². The molecule has 0 aromatic rings. The van der Waals surface area contributed by atoms with Gasteiger partial charge in [-0.05, 0) is 19.8 Å². The van der Waals surface area contributed by atoms with E-state index in [2.05, 4.69) is 0 Å². The Morgan fingerprint density at radius 3 is 2.83 bits per heavy atom. The van der Waals surface area contributed by atoms with E-state index < -0.39 is 0 Å². The minimum atomic E-state index is -0.379. The van der Waals surface area contributed by atoms with Crippen LogP contribution in [-0.4, -0.2) is 37.6 Å². The van der Waals surface area contributed by atoms with Crippen LogP contribution < -0.4 is 0 Å². The Labute approximate surface area is 73.7 Å². The van der Waals surface area contributed by atoms with Crippen LogP contribution in [0, 0.1) is 5.92 Å². The second-order valence-electron chi connectivity index (χ2n) is 3.41. The number of aliphatic hydroxyl groups is 1. The lowest BCUT2D eigenvalue weighted by atomic mass is 9.93. The highest BCUT2D eigenvalue weighted by Gasteiger charge is 2.26. The van der Waals surface area contributed by atoms with Crippen molar-refractivity contribution in [2.75, 3.05) is 20.3 Å². The van der Waals surface area contributed by atoms with E-state index >= 15 is 0 Å². The van der Waals surface area contributed by atoms with Crippen molar-refractivity contribution in [2.24, 2.45) is 5.92 Å². The average Bonchev–Trinajstić information content (AvgIpc) is 2.17. The van der Waals surface area contributed by atoms with E-state index in [1.807, 2.05) is 6.92 Å². The fraction of sp³-hybridized carbons (Fsp3) is 1.00. The Kier molecular flexibility index (Phi) is 3.98. The molecule has 1 aliphatic rings. The molecular formula is C9H18O3. The van der Waals surface area contributed by atoms with E-state index in [1.165, 1.54) is 0 Å². The summed E-state index contributed by atoms with van der Waals surface area (Å²) >= 11 is 0. The second kappa shape index (κ2) is 4.80. The normalized spacial score (nSPS) is 29.8. The summed E-state index contributed by atoms with van der Waals surface area (Å²) in [6, 6.07) is 0. The van der Waals surface area contributed by atoms with Crippen LogP contribution in [-0.2, 0) is 9.47 Å². The number of hydrogen-bond donors (Lipinski definition) is 1. The van der Waals surface area contributed by atoms with Crippen LogP contribution >= 0.6 is 0 Å². The molecule has 3 heteroatoms. The summed E-state index contributed by atoms with van der Waals surface area (Å²) in [4.78, 5) is 0. The first-order chi connectivity index (χ1) is 5.75. The summed E-state index contributed by atoms with van der Waals surface area (Å²) < 4.78 is 10.3. The van der Waals surface area contributed by atoms with E-state index in [1.54, 1.807) is 7.11 Å². The maximum Gasteiger partial charge on any atom is 0.0849 e. The minimum absolute atomic E-state index is 0.0864. The maximum atomic E-state index is 9.74. The molecule has 72 valence electrons. The lowest BCUT2D eigenvalue weighted by molar-refractivity contribution is -0.0716. The number of rotatable bonds is 3. The largest absolute Gasteiger partial charge is 0.390 e. The number of ether oxygens (including phenoxy) is 2. The van der Waals surface area contributed by atoms with E-state index in [0.717, 1.165) is 19.4 Å². The fourth-order valence-corrected chi connectivity index (χ4v) is 1.56. The van der Waals surface area contributed by atoms with Crippen molar-refractivity contribution in [1.29, 1.82) is 0 Å². The third kappa shape index (κ3) is 2.44. The quantitative estimate of drug-likeness (QED) is 0.688. The SMILES string of the molecule is COC(C)C(O)C1CCCOC1. The van der Waals surface area contributed by atoms with E-state index in [-0.39, 0.29) is 18.1 Å². The predicted molar refractivity (Wildman–Crippen MR) is 46.0 cm³/mol. The van der Waals surface area contributed by atoms with Gasteiger partial charge in [0.15, 0.2) is 0 Å². The Balaban J connectivity index is 2.33. The number of aliphatic hydroxyl groups excluding tert-OH is 1. The summed E-state index contributed by atoms with van der Waals surface area (Å²) in [6.45, 7) is 3.40. The lowest BCUT2D eigenvalue weighted by Crippen LogP contribution is -2.37. The first kappa shape index (κ1) is 9.96. The molecule has 1 aliphatic heterocycles. The zero-order valence-corrected chi connectivity index (χ0v) is 7.82. The van der Waals surface area contributed by atoms with Gasteiger partial charge in [0.05, 0.1) is 18.8 Å². The zero-order chi connectivity index (χ0) is 8.97. The Bertz CT molecular complexity index is 121. The summed E-state index contributed by atoms with van der Waals surface area (Å²) in [5, 5.41) is 9.74. The van der Waals surface area contributed by atoms with E-state index in [4.69, 9.17) is 9.47 Å². The summed E-state index contributed by atoms with van der Waals surface area (Å²) in [5.41, 5.74) is 0. The molecule has 0 spiro atoms. The molecule has 0 aromatic carbocycles. The van der Waals surface area contributed by atoms with Crippen molar-refractivity contribution in [3.63, 3.8) is 0 Å². The molecule has 0 bridgehead atoms. The monoisotopic (exact) mass is 174 g/mol. The molecule has 12 heavy (non-hydrogen) atoms. The van der Waals surface area contributed by atoms with Gasteiger partial charge in [-0.1, -0.05) is 0 Å². The van der Waals surface area contributed by atoms with Crippen LogP contribution in [0.5, 0.6) is 0 Å². The van der Waals surface area contributed by atoms with Crippen LogP contribution in [0.25, 0.3) is 0 Å². The third-order valence-electron chi connectivity index (χ3n) is 2.53. The molecular weight excluding hydrogens is 156 g/mol. The fourth-order valence-electron chi connectivity index (χ4n) is 1.56. The van der Waals surface area contributed by atoms with Crippen molar-refractivity contribution in [2.45, 2.75) is 32.0 Å². The molecule has 0 saturated carbocycles. The van der Waals surface area contributed by atoms with Gasteiger partial charge in [0.1, 0.15) is 0 Å². The zero-order valence-electron chi connectivity index (χ0n) is 7.82. The van der Waals surface area contributed by atoms with Gasteiger partial charge in [-0.3, -0.25) is 0 Å². The van der Waals surface area contributed by atoms with E-state index in [9.17, 15) is 5.11 Å². The van der Waals surface area contributed by atoms with Crippen LogP contribution in [0.2, 0.25) is 0 Å². The molecule has 1 heterocycles. The Morgan fingerprint density at radius 1 is 1.58 bits per heavy atom. The van der Waals surface area contributed by atoms with Gasteiger partial charge >= 0.3 is 0 Å². The summed E-state index contributed by atoms with van der Waals surface area (Å²) in [7, 11) is 1.62. The van der Waals surface area contributed by atoms with Gasteiger partial charge in [-0.15, -0.1) is 0 Å². The molecule has 0 amide bonds. The van der Waals surface area contributed by atoms with Crippen molar-refractivity contribution in [3.8, 4) is 0 Å². The molecule has 3 atom stereocenters. The smallest absolute Gasteiger partial charge is 0.0849 e. The third-order valence-corrected chi connectivity index (χ3v) is 2.53. The molecule has 1 N–H and O–H groups in total. The predicted octanol–water partition coefficient (Wildman–Crippen LogP) is 0.809. The molecule has 3 nitrogen and oxygen atoms in total. The standard InChI is InChI=1S/C9H18O3/c1-7(11-2)9(10)8-4-3-5-12-6-8/h7-10H,3-6H2,1-2H3. The van der Waals surface area contributed by atoms with Crippen molar-refractivity contribution in [1.82, 2.24) is 0 Å². The van der Waals surface area contributed by atoms with Crippen LogP contribution in [0.4, 0.5) is 0 Å². The van der Waals surface area contributed by atoms with Crippen LogP contribution in [0.1, 0.15) is 19.8 Å². The molecule has 1 rings (SSSR count). The minimum Gasteiger partial charge on any atom is -0.390 e. The Hall–Kier alpha value is -0.120. The van der Waals surface area contributed by atoms with Crippen LogP contribution in [0.15, 0.2) is 0 Å². The van der Waals surface area contributed by atoms with Gasteiger partial charge in [-0.2, -0.15) is 0 Å². The molecule has 1 fully saturated rings. The van der Waals surface area contributed by atoms with Gasteiger partial charge in [-0.25, -0.2) is 0 Å². The Morgan fingerprint density at radius 2 is 2.33 bits per heavy atom. The number of hydrogen-bond acceptors (Lipinski definition) is 3. The second-order valence-corrected chi connectivity index (χ2v) is 3.41. The van der Waals surface area contributed by atoms with Crippen molar-refractivity contribution >= 4 is 0 Å². The van der Waals surface area contributed by atoms with Gasteiger partial charge in [0.25, 0.3) is 0 Å². The summed E-state index contributed by atoms with van der Waals surface area (Å²) in [5.74, 6) is 0.258. The molecule has 1 saturated heterocycles. The first-order valence-electron chi connectivity index (χ1n) is 4.54. The maximum absolute atomic E-state index is 9.74. The van der Waals surface area contributed by atoms with Gasteiger partial charge in [0.2, 0.25) is 0 Å². The highest BCUT2D eigenvalue weighted by Crippen LogP contribution is 2.20. The average molecular weight is 174 g/mol. The van der Waals surface area contributed by atoms with Gasteiger partial charge in [0, 0.05) is 19.6 Å².